The maximum absolute atomic E-state index is 5.64. The molecule has 0 unspecified atom stereocenters. The van der Waals surface area contributed by atoms with E-state index in [0.29, 0.717) is 5.96 Å². The summed E-state index contributed by atoms with van der Waals surface area (Å²) in [5.74, 6) is 1.73. The number of thioether (sulfide) groups is 1. The first kappa shape index (κ1) is 10.6. The Balaban J connectivity index is 3.63. The lowest BCUT2D eigenvalue weighted by Gasteiger charge is -2.16. The molecule has 4 heteroatoms. The number of rotatable bonds is 4. The maximum Gasteiger partial charge on any atom is 0.190 e. The fraction of sp³-hybridized carbons (Fsp3) is 0.857. The molecule has 0 aromatic rings. The standard InChI is InChI=1S/C7H17N3S/c1-4-9-7(8)10(2)5-6-11-3/h4-6H2,1-3H3,(H2,8,9). The van der Waals surface area contributed by atoms with Gasteiger partial charge in [-0.15, -0.1) is 0 Å². The van der Waals surface area contributed by atoms with Crippen molar-refractivity contribution in [3.8, 4) is 0 Å². The smallest absolute Gasteiger partial charge is 0.190 e. The number of nitrogens with two attached hydrogens (primary N) is 1. The van der Waals surface area contributed by atoms with Gasteiger partial charge in [-0.3, -0.25) is 4.99 Å². The van der Waals surface area contributed by atoms with Crippen LogP contribution in [-0.4, -0.2) is 43.0 Å². The molecule has 0 spiro atoms. The normalized spacial score (nSPS) is 11.7. The molecule has 0 saturated heterocycles. The molecular weight excluding hydrogens is 158 g/mol. The third-order valence-electron chi connectivity index (χ3n) is 1.34. The zero-order valence-corrected chi connectivity index (χ0v) is 8.32. The molecule has 0 heterocycles. The summed E-state index contributed by atoms with van der Waals surface area (Å²) in [6, 6.07) is 0. The van der Waals surface area contributed by atoms with Crippen LogP contribution in [0.5, 0.6) is 0 Å². The largest absolute Gasteiger partial charge is 0.370 e. The van der Waals surface area contributed by atoms with E-state index < -0.39 is 0 Å². The summed E-state index contributed by atoms with van der Waals surface area (Å²) in [6.07, 6.45) is 2.08. The van der Waals surface area contributed by atoms with E-state index in [4.69, 9.17) is 5.73 Å². The quantitative estimate of drug-likeness (QED) is 0.503. The van der Waals surface area contributed by atoms with E-state index in [1.807, 2.05) is 30.6 Å². The Morgan fingerprint density at radius 2 is 2.27 bits per heavy atom. The molecule has 0 aliphatic carbocycles. The van der Waals surface area contributed by atoms with Crippen molar-refractivity contribution in [3.05, 3.63) is 0 Å². The minimum atomic E-state index is 0.640. The lowest BCUT2D eigenvalue weighted by Crippen LogP contribution is -2.35. The van der Waals surface area contributed by atoms with E-state index >= 15 is 0 Å². The predicted molar refractivity (Wildman–Crippen MR) is 53.2 cm³/mol. The Kier molecular flexibility index (Phi) is 6.12. The van der Waals surface area contributed by atoms with Crippen molar-refractivity contribution in [2.75, 3.05) is 32.1 Å². The van der Waals surface area contributed by atoms with E-state index in [0.717, 1.165) is 18.8 Å². The van der Waals surface area contributed by atoms with Gasteiger partial charge in [0, 0.05) is 25.9 Å². The number of nitrogens with zero attached hydrogens (tertiary/aromatic N) is 2. The highest BCUT2D eigenvalue weighted by Gasteiger charge is 1.98. The Bertz CT molecular complexity index is 125. The molecule has 66 valence electrons. The molecule has 0 aliphatic heterocycles. The topological polar surface area (TPSA) is 41.6 Å². The Morgan fingerprint density at radius 3 is 2.73 bits per heavy atom. The summed E-state index contributed by atoms with van der Waals surface area (Å²) in [7, 11) is 1.96. The van der Waals surface area contributed by atoms with E-state index in [9.17, 15) is 0 Å². The number of hydrogen-bond donors (Lipinski definition) is 1. The molecule has 11 heavy (non-hydrogen) atoms. The van der Waals surface area contributed by atoms with Crippen molar-refractivity contribution in [2.45, 2.75) is 6.92 Å². The first-order valence-electron chi connectivity index (χ1n) is 3.72. The van der Waals surface area contributed by atoms with Gasteiger partial charge in [-0.25, -0.2) is 0 Å². The van der Waals surface area contributed by atoms with Crippen LogP contribution in [-0.2, 0) is 0 Å². The molecule has 0 bridgehead atoms. The van der Waals surface area contributed by atoms with Gasteiger partial charge < -0.3 is 10.6 Å². The second-order valence-electron chi connectivity index (χ2n) is 2.25. The summed E-state index contributed by atoms with van der Waals surface area (Å²) < 4.78 is 0. The van der Waals surface area contributed by atoms with Gasteiger partial charge in [0.15, 0.2) is 5.96 Å². The number of aliphatic imine (C=N–C) groups is 1. The maximum atomic E-state index is 5.64. The fourth-order valence-electron chi connectivity index (χ4n) is 0.625. The summed E-state index contributed by atoms with van der Waals surface area (Å²) in [4.78, 5) is 6.06. The first-order valence-corrected chi connectivity index (χ1v) is 5.11. The minimum Gasteiger partial charge on any atom is -0.370 e. The number of guanidine groups is 1. The molecule has 0 aromatic heterocycles. The van der Waals surface area contributed by atoms with Crippen LogP contribution in [0, 0.1) is 0 Å². The highest BCUT2D eigenvalue weighted by molar-refractivity contribution is 7.98. The van der Waals surface area contributed by atoms with Gasteiger partial charge in [0.05, 0.1) is 0 Å². The predicted octanol–water partition coefficient (Wildman–Crippen LogP) is 0.616. The average Bonchev–Trinajstić information content (AvgIpc) is 2.00. The minimum absolute atomic E-state index is 0.640. The van der Waals surface area contributed by atoms with Crippen molar-refractivity contribution in [1.82, 2.24) is 4.90 Å². The van der Waals surface area contributed by atoms with Crippen LogP contribution >= 0.6 is 11.8 Å². The van der Waals surface area contributed by atoms with Gasteiger partial charge in [-0.1, -0.05) is 0 Å². The Labute approximate surface area is 73.0 Å². The molecule has 0 saturated carbocycles. The van der Waals surface area contributed by atoms with E-state index in [2.05, 4.69) is 11.2 Å². The molecule has 0 aliphatic rings. The summed E-state index contributed by atoms with van der Waals surface area (Å²) in [5.41, 5.74) is 5.64. The highest BCUT2D eigenvalue weighted by Crippen LogP contribution is 1.92. The molecule has 0 aromatic carbocycles. The molecular formula is C7H17N3S. The van der Waals surface area contributed by atoms with Gasteiger partial charge in [0.1, 0.15) is 0 Å². The molecule has 0 radical (unpaired) electrons. The van der Waals surface area contributed by atoms with Crippen molar-refractivity contribution in [3.63, 3.8) is 0 Å². The zero-order chi connectivity index (χ0) is 8.69. The van der Waals surface area contributed by atoms with E-state index in [1.54, 1.807) is 0 Å². The van der Waals surface area contributed by atoms with Gasteiger partial charge in [-0.05, 0) is 13.2 Å². The van der Waals surface area contributed by atoms with E-state index in [1.165, 1.54) is 0 Å². The molecule has 3 nitrogen and oxygen atoms in total. The van der Waals surface area contributed by atoms with Crippen LogP contribution in [0.15, 0.2) is 4.99 Å². The molecule has 0 amide bonds. The molecule has 0 atom stereocenters. The van der Waals surface area contributed by atoms with Crippen LogP contribution in [0.2, 0.25) is 0 Å². The van der Waals surface area contributed by atoms with Gasteiger partial charge in [-0.2, -0.15) is 11.8 Å². The number of hydrogen-bond acceptors (Lipinski definition) is 2. The monoisotopic (exact) mass is 175 g/mol. The fourth-order valence-corrected chi connectivity index (χ4v) is 1.08. The van der Waals surface area contributed by atoms with Crippen LogP contribution < -0.4 is 5.73 Å². The lowest BCUT2D eigenvalue weighted by molar-refractivity contribution is 0.531. The molecule has 2 N–H and O–H groups in total. The second kappa shape index (κ2) is 6.34. The van der Waals surface area contributed by atoms with Crippen molar-refractivity contribution >= 4 is 17.7 Å². The Morgan fingerprint density at radius 1 is 1.64 bits per heavy atom. The molecule has 0 rings (SSSR count). The second-order valence-corrected chi connectivity index (χ2v) is 3.23. The Hall–Kier alpha value is -0.380. The van der Waals surface area contributed by atoms with E-state index in [-0.39, 0.29) is 0 Å². The third-order valence-corrected chi connectivity index (χ3v) is 1.93. The zero-order valence-electron chi connectivity index (χ0n) is 7.50. The van der Waals surface area contributed by atoms with Crippen molar-refractivity contribution in [1.29, 1.82) is 0 Å². The van der Waals surface area contributed by atoms with Crippen molar-refractivity contribution in [2.24, 2.45) is 10.7 Å². The third kappa shape index (κ3) is 4.95. The van der Waals surface area contributed by atoms with Gasteiger partial charge in [0.25, 0.3) is 0 Å². The highest BCUT2D eigenvalue weighted by atomic mass is 32.2. The van der Waals surface area contributed by atoms with Crippen molar-refractivity contribution < 1.29 is 0 Å². The average molecular weight is 175 g/mol. The van der Waals surface area contributed by atoms with Crippen LogP contribution in [0.1, 0.15) is 6.92 Å². The summed E-state index contributed by atoms with van der Waals surface area (Å²) >= 11 is 1.81. The first-order chi connectivity index (χ1) is 5.22. The van der Waals surface area contributed by atoms with Gasteiger partial charge >= 0.3 is 0 Å². The SMILES string of the molecule is CCN=C(N)N(C)CCSC. The summed E-state index contributed by atoms with van der Waals surface area (Å²) in [5, 5.41) is 0. The van der Waals surface area contributed by atoms with Crippen LogP contribution in [0.3, 0.4) is 0 Å². The van der Waals surface area contributed by atoms with Gasteiger partial charge in [0.2, 0.25) is 0 Å². The molecule has 0 fully saturated rings. The van der Waals surface area contributed by atoms with Crippen LogP contribution in [0.4, 0.5) is 0 Å². The summed E-state index contributed by atoms with van der Waals surface area (Å²) in [6.45, 7) is 3.71. The van der Waals surface area contributed by atoms with Crippen LogP contribution in [0.25, 0.3) is 0 Å². The lowest BCUT2D eigenvalue weighted by atomic mass is 10.6.